The standard InChI is InChI=1S/C20H24N4O2/c1-14-10-15(2)19(16(3)11-14)22-18-12-17(4-5-21-18)20(26)24-8-6-23(13-25)7-9-24/h4-5,10-13H,6-9H2,1-3H3,(H,21,22). The summed E-state index contributed by atoms with van der Waals surface area (Å²) in [6, 6.07) is 7.76. The van der Waals surface area contributed by atoms with Crippen LogP contribution in [0.1, 0.15) is 27.0 Å². The minimum atomic E-state index is -0.0293. The summed E-state index contributed by atoms with van der Waals surface area (Å²) in [7, 11) is 0. The highest BCUT2D eigenvalue weighted by Crippen LogP contribution is 2.25. The minimum Gasteiger partial charge on any atom is -0.342 e. The molecular weight excluding hydrogens is 328 g/mol. The second kappa shape index (κ2) is 7.56. The van der Waals surface area contributed by atoms with E-state index in [0.717, 1.165) is 23.2 Å². The first-order valence-corrected chi connectivity index (χ1v) is 8.77. The van der Waals surface area contributed by atoms with Gasteiger partial charge < -0.3 is 15.1 Å². The van der Waals surface area contributed by atoms with Crippen molar-refractivity contribution in [1.82, 2.24) is 14.8 Å². The fourth-order valence-electron chi connectivity index (χ4n) is 3.35. The van der Waals surface area contributed by atoms with Gasteiger partial charge in [0.15, 0.2) is 0 Å². The van der Waals surface area contributed by atoms with Crippen LogP contribution in [0, 0.1) is 20.8 Å². The van der Waals surface area contributed by atoms with Gasteiger partial charge in [0.05, 0.1) is 0 Å². The van der Waals surface area contributed by atoms with Crippen LogP contribution in [0.2, 0.25) is 0 Å². The van der Waals surface area contributed by atoms with Gasteiger partial charge >= 0.3 is 0 Å². The number of aromatic nitrogens is 1. The Hall–Kier alpha value is -2.89. The van der Waals surface area contributed by atoms with Gasteiger partial charge in [0, 0.05) is 43.6 Å². The molecule has 6 heteroatoms. The lowest BCUT2D eigenvalue weighted by Gasteiger charge is -2.32. The van der Waals surface area contributed by atoms with Gasteiger partial charge in [-0.2, -0.15) is 0 Å². The third-order valence-electron chi connectivity index (χ3n) is 4.69. The van der Waals surface area contributed by atoms with Crippen LogP contribution < -0.4 is 5.32 Å². The van der Waals surface area contributed by atoms with E-state index < -0.39 is 0 Å². The molecule has 6 nitrogen and oxygen atoms in total. The molecule has 0 unspecified atom stereocenters. The van der Waals surface area contributed by atoms with E-state index in [0.29, 0.717) is 37.6 Å². The number of aryl methyl sites for hydroxylation is 3. The van der Waals surface area contributed by atoms with E-state index in [-0.39, 0.29) is 5.91 Å². The number of hydrogen-bond acceptors (Lipinski definition) is 4. The normalized spacial score (nSPS) is 14.3. The van der Waals surface area contributed by atoms with E-state index in [2.05, 4.69) is 43.2 Å². The zero-order valence-corrected chi connectivity index (χ0v) is 15.5. The number of amides is 2. The van der Waals surface area contributed by atoms with Crippen LogP contribution in [-0.2, 0) is 4.79 Å². The molecule has 26 heavy (non-hydrogen) atoms. The topological polar surface area (TPSA) is 65.5 Å². The quantitative estimate of drug-likeness (QED) is 0.859. The minimum absolute atomic E-state index is 0.0293. The average molecular weight is 352 g/mol. The molecule has 0 saturated carbocycles. The predicted octanol–water partition coefficient (Wildman–Crippen LogP) is 2.66. The molecule has 0 bridgehead atoms. The van der Waals surface area contributed by atoms with Crippen LogP contribution in [0.15, 0.2) is 30.5 Å². The molecule has 0 radical (unpaired) electrons. The summed E-state index contributed by atoms with van der Waals surface area (Å²) in [6.07, 6.45) is 2.48. The van der Waals surface area contributed by atoms with Crippen LogP contribution in [0.3, 0.4) is 0 Å². The Bertz CT molecular complexity index is 803. The lowest BCUT2D eigenvalue weighted by Crippen LogP contribution is -2.48. The number of nitrogens with one attached hydrogen (secondary N) is 1. The van der Waals surface area contributed by atoms with E-state index >= 15 is 0 Å². The Morgan fingerprint density at radius 1 is 1.08 bits per heavy atom. The van der Waals surface area contributed by atoms with Crippen molar-refractivity contribution in [3.63, 3.8) is 0 Å². The number of anilines is 2. The van der Waals surface area contributed by atoms with Gasteiger partial charge in [-0.05, 0) is 44.0 Å². The summed E-state index contributed by atoms with van der Waals surface area (Å²) in [5.41, 5.74) is 5.13. The van der Waals surface area contributed by atoms with Crippen molar-refractivity contribution in [1.29, 1.82) is 0 Å². The zero-order chi connectivity index (χ0) is 18.7. The molecule has 0 aliphatic carbocycles. The summed E-state index contributed by atoms with van der Waals surface area (Å²) in [5.74, 6) is 0.621. The van der Waals surface area contributed by atoms with Crippen LogP contribution in [0.5, 0.6) is 0 Å². The van der Waals surface area contributed by atoms with Crippen molar-refractivity contribution in [3.05, 3.63) is 52.7 Å². The van der Waals surface area contributed by atoms with Gasteiger partial charge in [0.25, 0.3) is 5.91 Å². The summed E-state index contributed by atoms with van der Waals surface area (Å²) < 4.78 is 0. The average Bonchev–Trinajstić information content (AvgIpc) is 2.64. The highest BCUT2D eigenvalue weighted by molar-refractivity contribution is 5.95. The van der Waals surface area contributed by atoms with Gasteiger partial charge in [-0.25, -0.2) is 4.98 Å². The van der Waals surface area contributed by atoms with Gasteiger partial charge in [-0.15, -0.1) is 0 Å². The van der Waals surface area contributed by atoms with E-state index in [1.54, 1.807) is 28.1 Å². The van der Waals surface area contributed by atoms with Crippen molar-refractivity contribution in [3.8, 4) is 0 Å². The molecular formula is C20H24N4O2. The van der Waals surface area contributed by atoms with E-state index in [9.17, 15) is 9.59 Å². The Labute approximate surface area is 153 Å². The molecule has 1 aromatic carbocycles. The maximum atomic E-state index is 12.7. The molecule has 0 spiro atoms. The number of piperazine rings is 1. The van der Waals surface area contributed by atoms with Gasteiger partial charge in [0.2, 0.25) is 6.41 Å². The molecule has 1 aromatic heterocycles. The second-order valence-electron chi connectivity index (χ2n) is 6.76. The first kappa shape index (κ1) is 17.9. The zero-order valence-electron chi connectivity index (χ0n) is 15.5. The van der Waals surface area contributed by atoms with Crippen LogP contribution in [0.4, 0.5) is 11.5 Å². The maximum Gasteiger partial charge on any atom is 0.254 e. The molecule has 2 amide bonds. The third-order valence-corrected chi connectivity index (χ3v) is 4.69. The first-order valence-electron chi connectivity index (χ1n) is 8.77. The second-order valence-corrected chi connectivity index (χ2v) is 6.76. The molecule has 0 atom stereocenters. The fraction of sp³-hybridized carbons (Fsp3) is 0.350. The Morgan fingerprint density at radius 2 is 1.73 bits per heavy atom. The predicted molar refractivity (Wildman–Crippen MR) is 102 cm³/mol. The largest absolute Gasteiger partial charge is 0.342 e. The van der Waals surface area contributed by atoms with Crippen molar-refractivity contribution < 1.29 is 9.59 Å². The lowest BCUT2D eigenvalue weighted by atomic mass is 10.1. The molecule has 1 aliphatic heterocycles. The highest BCUT2D eigenvalue weighted by atomic mass is 16.2. The number of pyridine rings is 1. The molecule has 1 saturated heterocycles. The SMILES string of the molecule is Cc1cc(C)c(Nc2cc(C(=O)N3CCN(C=O)CC3)ccn2)c(C)c1. The van der Waals surface area contributed by atoms with Gasteiger partial charge in [0.1, 0.15) is 5.82 Å². The number of carbonyl (C=O) groups excluding carboxylic acids is 2. The van der Waals surface area contributed by atoms with Crippen molar-refractivity contribution >= 4 is 23.8 Å². The van der Waals surface area contributed by atoms with Gasteiger partial charge in [-0.1, -0.05) is 17.7 Å². The molecule has 136 valence electrons. The third kappa shape index (κ3) is 3.85. The number of hydrogen-bond donors (Lipinski definition) is 1. The number of nitrogens with zero attached hydrogens (tertiary/aromatic N) is 3. The van der Waals surface area contributed by atoms with Gasteiger partial charge in [-0.3, -0.25) is 9.59 Å². The monoisotopic (exact) mass is 352 g/mol. The number of carbonyl (C=O) groups is 2. The summed E-state index contributed by atoms with van der Waals surface area (Å²) >= 11 is 0. The molecule has 1 N–H and O–H groups in total. The molecule has 3 rings (SSSR count). The Balaban J connectivity index is 1.76. The van der Waals surface area contributed by atoms with Crippen molar-refractivity contribution in [2.45, 2.75) is 20.8 Å². The van der Waals surface area contributed by atoms with E-state index in [1.807, 2.05) is 0 Å². The van der Waals surface area contributed by atoms with Crippen LogP contribution >= 0.6 is 0 Å². The Morgan fingerprint density at radius 3 is 2.35 bits per heavy atom. The summed E-state index contributed by atoms with van der Waals surface area (Å²) in [4.78, 5) is 31.4. The van der Waals surface area contributed by atoms with Crippen molar-refractivity contribution in [2.75, 3.05) is 31.5 Å². The molecule has 1 fully saturated rings. The highest BCUT2D eigenvalue weighted by Gasteiger charge is 2.21. The summed E-state index contributed by atoms with van der Waals surface area (Å²) in [5, 5.41) is 3.35. The maximum absolute atomic E-state index is 12.7. The Kier molecular flexibility index (Phi) is 5.21. The van der Waals surface area contributed by atoms with E-state index in [4.69, 9.17) is 0 Å². The molecule has 2 heterocycles. The van der Waals surface area contributed by atoms with Crippen LogP contribution in [-0.4, -0.2) is 53.3 Å². The fourth-order valence-corrected chi connectivity index (χ4v) is 3.35. The van der Waals surface area contributed by atoms with E-state index in [1.165, 1.54) is 5.56 Å². The van der Waals surface area contributed by atoms with Crippen molar-refractivity contribution in [2.24, 2.45) is 0 Å². The molecule has 1 aliphatic rings. The smallest absolute Gasteiger partial charge is 0.254 e. The number of benzene rings is 1. The number of rotatable bonds is 4. The summed E-state index contributed by atoms with van der Waals surface area (Å²) in [6.45, 7) is 8.46. The lowest BCUT2D eigenvalue weighted by molar-refractivity contribution is -0.119. The van der Waals surface area contributed by atoms with Crippen LogP contribution in [0.25, 0.3) is 0 Å². The molecule has 2 aromatic rings. The first-order chi connectivity index (χ1) is 12.5.